The van der Waals surface area contributed by atoms with Gasteiger partial charge in [-0.1, -0.05) is 18.7 Å². The lowest BCUT2D eigenvalue weighted by Gasteiger charge is -2.32. The highest BCUT2D eigenvalue weighted by Gasteiger charge is 2.52. The van der Waals surface area contributed by atoms with Crippen molar-refractivity contribution >= 4 is 18.7 Å². The van der Waals surface area contributed by atoms with Crippen molar-refractivity contribution in [3.63, 3.8) is 0 Å². The van der Waals surface area contributed by atoms with Crippen LogP contribution in [0.1, 0.15) is 33.3 Å². The molecule has 0 bridgehead atoms. The molecule has 1 saturated heterocycles. The predicted molar refractivity (Wildman–Crippen MR) is 72.2 cm³/mol. The van der Waals surface area contributed by atoms with Crippen LogP contribution in [0.4, 0.5) is 4.39 Å². The first-order valence-corrected chi connectivity index (χ1v) is 6.04. The maximum Gasteiger partial charge on any atom is 0.495 e. The number of hydrogen-bond donors (Lipinski definition) is 0. The van der Waals surface area contributed by atoms with Crippen LogP contribution in [0.15, 0.2) is 24.8 Å². The summed E-state index contributed by atoms with van der Waals surface area (Å²) in [7, 11) is -0.483. The van der Waals surface area contributed by atoms with Crippen LogP contribution < -0.4 is 5.46 Å². The smallest absolute Gasteiger partial charge is 0.399 e. The first-order valence-electron chi connectivity index (χ1n) is 6.04. The molecule has 1 aromatic carbocycles. The van der Waals surface area contributed by atoms with Gasteiger partial charge in [-0.25, -0.2) is 4.39 Å². The van der Waals surface area contributed by atoms with Crippen LogP contribution in [0.5, 0.6) is 0 Å². The van der Waals surface area contributed by atoms with E-state index >= 15 is 0 Å². The molecule has 96 valence electrons. The van der Waals surface area contributed by atoms with Gasteiger partial charge in [0.1, 0.15) is 5.82 Å². The molecule has 0 aliphatic carbocycles. The Bertz CT molecular complexity index is 467. The maximum atomic E-state index is 13.2. The van der Waals surface area contributed by atoms with Gasteiger partial charge in [-0.15, -0.1) is 0 Å². The summed E-state index contributed by atoms with van der Waals surface area (Å²) in [5.74, 6) is -0.287. The third kappa shape index (κ3) is 2.11. The molecule has 0 atom stereocenters. The zero-order valence-corrected chi connectivity index (χ0v) is 11.3. The summed E-state index contributed by atoms with van der Waals surface area (Å²) in [6, 6.07) is 4.54. The van der Waals surface area contributed by atoms with Gasteiger partial charge in [0.25, 0.3) is 0 Å². The summed E-state index contributed by atoms with van der Waals surface area (Å²) in [5.41, 5.74) is 0.716. The van der Waals surface area contributed by atoms with Crippen LogP contribution in [0.25, 0.3) is 6.08 Å². The normalized spacial score (nSPS) is 21.1. The van der Waals surface area contributed by atoms with E-state index in [0.717, 1.165) is 5.46 Å². The fourth-order valence-electron chi connectivity index (χ4n) is 1.91. The van der Waals surface area contributed by atoms with Gasteiger partial charge in [-0.2, -0.15) is 0 Å². The molecule has 1 aliphatic heterocycles. The lowest BCUT2D eigenvalue weighted by molar-refractivity contribution is 0.00578. The Kier molecular flexibility index (Phi) is 3.12. The zero-order chi connectivity index (χ0) is 13.6. The Morgan fingerprint density at radius 3 is 2.22 bits per heavy atom. The highest BCUT2D eigenvalue weighted by molar-refractivity contribution is 6.63. The van der Waals surface area contributed by atoms with Crippen molar-refractivity contribution in [3.8, 4) is 0 Å². The summed E-state index contributed by atoms with van der Waals surface area (Å²) in [6.45, 7) is 11.7. The maximum absolute atomic E-state index is 13.2. The van der Waals surface area contributed by atoms with Gasteiger partial charge in [0.2, 0.25) is 0 Å². The van der Waals surface area contributed by atoms with Crippen molar-refractivity contribution in [1.82, 2.24) is 0 Å². The van der Waals surface area contributed by atoms with E-state index in [2.05, 4.69) is 6.58 Å². The Labute approximate surface area is 108 Å². The SMILES string of the molecule is C=Cc1cc(F)ccc1B1OC(C)(C)C(C)(C)O1. The van der Waals surface area contributed by atoms with Gasteiger partial charge >= 0.3 is 7.12 Å². The molecule has 2 rings (SSSR count). The summed E-state index contributed by atoms with van der Waals surface area (Å²) in [6.07, 6.45) is 1.61. The van der Waals surface area contributed by atoms with E-state index in [9.17, 15) is 4.39 Å². The summed E-state index contributed by atoms with van der Waals surface area (Å²) >= 11 is 0. The monoisotopic (exact) mass is 248 g/mol. The standard InChI is InChI=1S/C14H18BFO2/c1-6-10-9-11(16)7-8-12(10)15-17-13(2,3)14(4,5)18-15/h6-9H,1H2,2-5H3. The molecule has 1 heterocycles. The van der Waals surface area contributed by atoms with E-state index in [-0.39, 0.29) is 5.82 Å². The molecule has 0 saturated carbocycles. The van der Waals surface area contributed by atoms with Crippen molar-refractivity contribution in [3.05, 3.63) is 36.2 Å². The van der Waals surface area contributed by atoms with E-state index in [0.29, 0.717) is 5.56 Å². The van der Waals surface area contributed by atoms with Crippen LogP contribution in [-0.2, 0) is 9.31 Å². The van der Waals surface area contributed by atoms with Gasteiger partial charge in [0.15, 0.2) is 0 Å². The first kappa shape index (κ1) is 13.3. The molecule has 1 aliphatic rings. The molecule has 4 heteroatoms. The molecule has 0 spiro atoms. The van der Waals surface area contributed by atoms with Crippen molar-refractivity contribution in [2.45, 2.75) is 38.9 Å². The fraction of sp³-hybridized carbons (Fsp3) is 0.429. The van der Waals surface area contributed by atoms with E-state index in [1.807, 2.05) is 27.7 Å². The van der Waals surface area contributed by atoms with E-state index in [1.54, 1.807) is 12.1 Å². The van der Waals surface area contributed by atoms with Crippen LogP contribution in [0.3, 0.4) is 0 Å². The number of halogens is 1. The van der Waals surface area contributed by atoms with Crippen molar-refractivity contribution in [2.75, 3.05) is 0 Å². The zero-order valence-electron chi connectivity index (χ0n) is 11.3. The largest absolute Gasteiger partial charge is 0.495 e. The topological polar surface area (TPSA) is 18.5 Å². The van der Waals surface area contributed by atoms with E-state index in [4.69, 9.17) is 9.31 Å². The van der Waals surface area contributed by atoms with Gasteiger partial charge in [-0.05, 0) is 50.9 Å². The first-order chi connectivity index (χ1) is 8.27. The summed E-state index contributed by atoms with van der Waals surface area (Å²) < 4.78 is 25.1. The molecule has 18 heavy (non-hydrogen) atoms. The fourth-order valence-corrected chi connectivity index (χ4v) is 1.91. The number of hydrogen-bond acceptors (Lipinski definition) is 2. The van der Waals surface area contributed by atoms with Crippen LogP contribution >= 0.6 is 0 Å². The Morgan fingerprint density at radius 1 is 1.17 bits per heavy atom. The summed E-state index contributed by atoms with van der Waals surface area (Å²) in [4.78, 5) is 0. The van der Waals surface area contributed by atoms with Gasteiger partial charge in [0.05, 0.1) is 11.2 Å². The van der Waals surface area contributed by atoms with E-state index in [1.165, 1.54) is 12.1 Å². The van der Waals surface area contributed by atoms with Crippen molar-refractivity contribution in [2.24, 2.45) is 0 Å². The minimum Gasteiger partial charge on any atom is -0.399 e. The minimum absolute atomic E-state index is 0.287. The molecule has 0 radical (unpaired) electrons. The second kappa shape index (κ2) is 4.21. The Morgan fingerprint density at radius 2 is 1.72 bits per heavy atom. The molecule has 1 aromatic rings. The van der Waals surface area contributed by atoms with Crippen LogP contribution in [0, 0.1) is 5.82 Å². The molecular formula is C14H18BFO2. The van der Waals surface area contributed by atoms with Gasteiger partial charge in [0, 0.05) is 0 Å². The molecule has 0 amide bonds. The third-order valence-corrected chi connectivity index (χ3v) is 3.78. The molecule has 2 nitrogen and oxygen atoms in total. The van der Waals surface area contributed by atoms with Gasteiger partial charge in [-0.3, -0.25) is 0 Å². The number of rotatable bonds is 2. The highest BCUT2D eigenvalue weighted by Crippen LogP contribution is 2.36. The van der Waals surface area contributed by atoms with Crippen molar-refractivity contribution in [1.29, 1.82) is 0 Å². The second-order valence-electron chi connectivity index (χ2n) is 5.57. The second-order valence-corrected chi connectivity index (χ2v) is 5.57. The molecular weight excluding hydrogens is 230 g/mol. The van der Waals surface area contributed by atoms with Gasteiger partial charge < -0.3 is 9.31 Å². The lowest BCUT2D eigenvalue weighted by atomic mass is 9.76. The third-order valence-electron chi connectivity index (χ3n) is 3.78. The lowest BCUT2D eigenvalue weighted by Crippen LogP contribution is -2.41. The predicted octanol–water partition coefficient (Wildman–Crippen LogP) is 2.77. The van der Waals surface area contributed by atoms with Crippen LogP contribution in [-0.4, -0.2) is 18.3 Å². The Balaban J connectivity index is 2.38. The Hall–Kier alpha value is -1.13. The average molecular weight is 248 g/mol. The molecule has 0 aromatic heterocycles. The quantitative estimate of drug-likeness (QED) is 0.749. The van der Waals surface area contributed by atoms with Crippen LogP contribution in [0.2, 0.25) is 0 Å². The molecule has 0 N–H and O–H groups in total. The molecule has 1 fully saturated rings. The molecule has 0 unspecified atom stereocenters. The summed E-state index contributed by atoms with van der Waals surface area (Å²) in [5, 5.41) is 0. The highest BCUT2D eigenvalue weighted by atomic mass is 19.1. The van der Waals surface area contributed by atoms with Crippen molar-refractivity contribution < 1.29 is 13.7 Å². The number of benzene rings is 1. The minimum atomic E-state index is -0.483. The van der Waals surface area contributed by atoms with E-state index < -0.39 is 18.3 Å². The average Bonchev–Trinajstić information content (AvgIpc) is 2.47.